The summed E-state index contributed by atoms with van der Waals surface area (Å²) in [6, 6.07) is 20.5. The van der Waals surface area contributed by atoms with Crippen molar-refractivity contribution in [1.29, 1.82) is 0 Å². The second-order valence-corrected chi connectivity index (χ2v) is 5.29. The molecule has 0 saturated carbocycles. The summed E-state index contributed by atoms with van der Waals surface area (Å²) in [5.74, 6) is 0.384. The van der Waals surface area contributed by atoms with Gasteiger partial charge in [-0.2, -0.15) is 0 Å². The molecule has 1 heterocycles. The topological polar surface area (TPSA) is 20.3 Å². The summed E-state index contributed by atoms with van der Waals surface area (Å²) in [6.07, 6.45) is 2.00. The fraction of sp³-hybridized carbons (Fsp3) is 0.278. The van der Waals surface area contributed by atoms with Crippen LogP contribution in [0, 0.1) is 5.92 Å². The number of hydrogen-bond donors (Lipinski definition) is 0. The molecule has 3 rings (SSSR count). The van der Waals surface area contributed by atoms with Crippen LogP contribution in [0.3, 0.4) is 0 Å². The van der Waals surface area contributed by atoms with Crippen molar-refractivity contribution in [3.8, 4) is 0 Å². The van der Waals surface area contributed by atoms with E-state index in [1.165, 1.54) is 5.56 Å². The van der Waals surface area contributed by atoms with Gasteiger partial charge in [-0.1, -0.05) is 61.9 Å². The number of β-lactam (4-membered cyclic amide) rings is 1. The molecule has 1 aliphatic rings. The first kappa shape index (κ1) is 12.9. The molecule has 1 aliphatic heterocycles. The van der Waals surface area contributed by atoms with E-state index in [1.54, 1.807) is 0 Å². The molecule has 0 unspecified atom stereocenters. The van der Waals surface area contributed by atoms with Gasteiger partial charge in [0.25, 0.3) is 0 Å². The Kier molecular flexibility index (Phi) is 3.55. The normalized spacial score (nSPS) is 21.6. The lowest BCUT2D eigenvalue weighted by Crippen LogP contribution is -2.55. The minimum atomic E-state index is 0.127. The molecule has 1 amide bonds. The molecule has 2 atom stereocenters. The molecule has 0 aliphatic carbocycles. The van der Waals surface area contributed by atoms with Crippen molar-refractivity contribution in [2.45, 2.75) is 25.8 Å². The molecule has 0 spiro atoms. The SMILES string of the molecule is CCC[C@@H]1C(=O)N(c2ccccc2)[C@@H]1c1ccccc1. The summed E-state index contributed by atoms with van der Waals surface area (Å²) in [7, 11) is 0. The number of carbonyl (C=O) groups excluding carboxylic acids is 1. The van der Waals surface area contributed by atoms with Crippen molar-refractivity contribution < 1.29 is 4.79 Å². The Morgan fingerprint density at radius 3 is 2.15 bits per heavy atom. The van der Waals surface area contributed by atoms with Crippen molar-refractivity contribution in [3.05, 3.63) is 66.2 Å². The van der Waals surface area contributed by atoms with Crippen molar-refractivity contribution >= 4 is 11.6 Å². The van der Waals surface area contributed by atoms with Crippen molar-refractivity contribution in [2.75, 3.05) is 4.90 Å². The van der Waals surface area contributed by atoms with Crippen LogP contribution in [0.15, 0.2) is 60.7 Å². The maximum atomic E-state index is 12.5. The lowest BCUT2D eigenvalue weighted by molar-refractivity contribution is -0.130. The van der Waals surface area contributed by atoms with E-state index in [0.717, 1.165) is 18.5 Å². The van der Waals surface area contributed by atoms with E-state index in [2.05, 4.69) is 19.1 Å². The Bertz CT molecular complexity index is 579. The van der Waals surface area contributed by atoms with Gasteiger partial charge in [-0.3, -0.25) is 4.79 Å². The monoisotopic (exact) mass is 265 g/mol. The minimum Gasteiger partial charge on any atom is -0.304 e. The highest BCUT2D eigenvalue weighted by atomic mass is 16.2. The fourth-order valence-electron chi connectivity index (χ4n) is 3.05. The zero-order valence-electron chi connectivity index (χ0n) is 11.7. The molecule has 2 nitrogen and oxygen atoms in total. The highest BCUT2D eigenvalue weighted by Crippen LogP contribution is 2.45. The molecule has 20 heavy (non-hydrogen) atoms. The summed E-state index contributed by atoms with van der Waals surface area (Å²) in [5, 5.41) is 0. The molecule has 1 saturated heterocycles. The lowest BCUT2D eigenvalue weighted by Gasteiger charge is -2.47. The molecule has 2 aromatic rings. The number of nitrogens with zero attached hydrogens (tertiary/aromatic N) is 1. The quantitative estimate of drug-likeness (QED) is 0.759. The Balaban J connectivity index is 1.95. The smallest absolute Gasteiger partial charge is 0.233 e. The summed E-state index contributed by atoms with van der Waals surface area (Å²) in [4.78, 5) is 14.4. The van der Waals surface area contributed by atoms with E-state index in [9.17, 15) is 4.79 Å². The van der Waals surface area contributed by atoms with Gasteiger partial charge in [0.15, 0.2) is 0 Å². The first-order valence-electron chi connectivity index (χ1n) is 7.26. The fourth-order valence-corrected chi connectivity index (χ4v) is 3.05. The average molecular weight is 265 g/mol. The van der Waals surface area contributed by atoms with Gasteiger partial charge in [0.1, 0.15) is 0 Å². The van der Waals surface area contributed by atoms with Gasteiger partial charge < -0.3 is 4.90 Å². The minimum absolute atomic E-state index is 0.127. The maximum absolute atomic E-state index is 12.5. The third-order valence-electron chi connectivity index (χ3n) is 3.99. The molecule has 2 heteroatoms. The first-order chi connectivity index (χ1) is 9.83. The van der Waals surface area contributed by atoms with Crippen LogP contribution in [0.25, 0.3) is 0 Å². The number of anilines is 1. The highest BCUT2D eigenvalue weighted by Gasteiger charge is 2.47. The second-order valence-electron chi connectivity index (χ2n) is 5.29. The molecule has 1 fully saturated rings. The summed E-state index contributed by atoms with van der Waals surface area (Å²) >= 11 is 0. The summed E-state index contributed by atoms with van der Waals surface area (Å²) < 4.78 is 0. The lowest BCUT2D eigenvalue weighted by atomic mass is 9.79. The third kappa shape index (κ3) is 2.11. The molecular formula is C18H19NO. The van der Waals surface area contributed by atoms with Gasteiger partial charge in [0.2, 0.25) is 5.91 Å². The predicted octanol–water partition coefficient (Wildman–Crippen LogP) is 4.19. The van der Waals surface area contributed by atoms with E-state index >= 15 is 0 Å². The van der Waals surface area contributed by atoms with Gasteiger partial charge in [-0.05, 0) is 24.1 Å². The van der Waals surface area contributed by atoms with Crippen LogP contribution >= 0.6 is 0 Å². The Morgan fingerprint density at radius 1 is 0.950 bits per heavy atom. The Labute approximate surface area is 120 Å². The molecule has 0 bridgehead atoms. The second kappa shape index (κ2) is 5.49. The molecule has 102 valence electrons. The van der Waals surface area contributed by atoms with Crippen LogP contribution in [0.1, 0.15) is 31.4 Å². The van der Waals surface area contributed by atoms with Crippen LogP contribution in [-0.2, 0) is 4.79 Å². The number of carbonyl (C=O) groups is 1. The van der Waals surface area contributed by atoms with Gasteiger partial charge in [-0.25, -0.2) is 0 Å². The maximum Gasteiger partial charge on any atom is 0.233 e. The number of hydrogen-bond acceptors (Lipinski definition) is 1. The first-order valence-corrected chi connectivity index (χ1v) is 7.26. The largest absolute Gasteiger partial charge is 0.304 e. The Morgan fingerprint density at radius 2 is 1.55 bits per heavy atom. The molecule has 0 aromatic heterocycles. The number of amides is 1. The highest BCUT2D eigenvalue weighted by molar-refractivity contribution is 6.03. The summed E-state index contributed by atoms with van der Waals surface area (Å²) in [6.45, 7) is 2.14. The van der Waals surface area contributed by atoms with Crippen molar-refractivity contribution in [1.82, 2.24) is 0 Å². The summed E-state index contributed by atoms with van der Waals surface area (Å²) in [5.41, 5.74) is 2.23. The number of rotatable bonds is 4. The van der Waals surface area contributed by atoms with Crippen LogP contribution < -0.4 is 4.90 Å². The van der Waals surface area contributed by atoms with E-state index in [-0.39, 0.29) is 17.9 Å². The van der Waals surface area contributed by atoms with Crippen LogP contribution in [0.5, 0.6) is 0 Å². The Hall–Kier alpha value is -2.09. The van der Waals surface area contributed by atoms with Crippen LogP contribution in [-0.4, -0.2) is 5.91 Å². The van der Waals surface area contributed by atoms with Crippen molar-refractivity contribution in [2.24, 2.45) is 5.92 Å². The van der Waals surface area contributed by atoms with Gasteiger partial charge >= 0.3 is 0 Å². The molecular weight excluding hydrogens is 246 g/mol. The average Bonchev–Trinajstić information content (AvgIpc) is 2.51. The predicted molar refractivity (Wildman–Crippen MR) is 81.5 cm³/mol. The standard InChI is InChI=1S/C18H19NO/c1-2-9-16-17(14-10-5-3-6-11-14)19(18(16)20)15-12-7-4-8-13-15/h3-8,10-13,16-17H,2,9H2,1H3/t16-,17+/m0/s1. The van der Waals surface area contributed by atoms with Crippen LogP contribution in [0.4, 0.5) is 5.69 Å². The van der Waals surface area contributed by atoms with E-state index < -0.39 is 0 Å². The van der Waals surface area contributed by atoms with Crippen molar-refractivity contribution in [3.63, 3.8) is 0 Å². The number of benzene rings is 2. The zero-order chi connectivity index (χ0) is 13.9. The third-order valence-corrected chi connectivity index (χ3v) is 3.99. The van der Waals surface area contributed by atoms with Gasteiger partial charge in [-0.15, -0.1) is 0 Å². The molecule has 0 radical (unpaired) electrons. The van der Waals surface area contributed by atoms with Gasteiger partial charge in [0, 0.05) is 5.69 Å². The van der Waals surface area contributed by atoms with E-state index in [4.69, 9.17) is 0 Å². The molecule has 0 N–H and O–H groups in total. The van der Waals surface area contributed by atoms with E-state index in [0.29, 0.717) is 0 Å². The van der Waals surface area contributed by atoms with Gasteiger partial charge in [0.05, 0.1) is 12.0 Å². The van der Waals surface area contributed by atoms with Crippen LogP contribution in [0.2, 0.25) is 0 Å². The number of para-hydroxylation sites is 1. The molecule has 2 aromatic carbocycles. The van der Waals surface area contributed by atoms with E-state index in [1.807, 2.05) is 53.4 Å². The zero-order valence-corrected chi connectivity index (χ0v) is 11.7.